The van der Waals surface area contributed by atoms with Crippen molar-refractivity contribution in [1.82, 2.24) is 9.62 Å². The Morgan fingerprint density at radius 1 is 1.10 bits per heavy atom. The highest BCUT2D eigenvalue weighted by Crippen LogP contribution is 2.29. The maximum Gasteiger partial charge on any atom is 0.416 e. The molecular weight excluding hydrogens is 429 g/mol. The van der Waals surface area contributed by atoms with Crippen LogP contribution in [-0.4, -0.2) is 31.7 Å². The molecule has 0 aliphatic heterocycles. The van der Waals surface area contributed by atoms with Crippen molar-refractivity contribution in [3.63, 3.8) is 0 Å². The molecule has 2 aromatic carbocycles. The van der Waals surface area contributed by atoms with E-state index in [1.165, 1.54) is 28.6 Å². The zero-order chi connectivity index (χ0) is 21.8. The molecule has 0 spiro atoms. The topological polar surface area (TPSA) is 66.5 Å². The Kier molecular flexibility index (Phi) is 7.31. The van der Waals surface area contributed by atoms with Gasteiger partial charge in [0.15, 0.2) is 0 Å². The lowest BCUT2D eigenvalue weighted by molar-refractivity contribution is -0.137. The maximum atomic E-state index is 12.8. The van der Waals surface area contributed by atoms with Gasteiger partial charge >= 0.3 is 6.18 Å². The number of carbonyl (C=O) groups is 1. The maximum absolute atomic E-state index is 12.8. The molecule has 5 nitrogen and oxygen atoms in total. The summed E-state index contributed by atoms with van der Waals surface area (Å²) in [4.78, 5) is 12.2. The monoisotopic (exact) mass is 448 g/mol. The standard InChI is InChI=1S/C19H20ClF3N2O3S/c1-3-25(4-2)29(27,28)17-11-14(8-9-16(17)20)18(26)24-12-13-6-5-7-15(10-13)19(21,22)23/h5-11H,3-4,12H2,1-2H3,(H,24,26). The molecule has 0 saturated heterocycles. The number of nitrogens with zero attached hydrogens (tertiary/aromatic N) is 1. The van der Waals surface area contributed by atoms with Crippen LogP contribution in [0.4, 0.5) is 13.2 Å². The third kappa shape index (κ3) is 5.49. The van der Waals surface area contributed by atoms with Crippen molar-refractivity contribution < 1.29 is 26.4 Å². The van der Waals surface area contributed by atoms with E-state index in [9.17, 15) is 26.4 Å². The Bertz CT molecular complexity index is 990. The van der Waals surface area contributed by atoms with Crippen LogP contribution >= 0.6 is 11.6 Å². The highest BCUT2D eigenvalue weighted by atomic mass is 35.5. The predicted octanol–water partition coefficient (Wildman–Crippen LogP) is 4.32. The van der Waals surface area contributed by atoms with Crippen LogP contribution in [0.5, 0.6) is 0 Å². The number of sulfonamides is 1. The van der Waals surface area contributed by atoms with Gasteiger partial charge in [-0.15, -0.1) is 0 Å². The number of hydrogen-bond acceptors (Lipinski definition) is 3. The number of rotatable bonds is 7. The normalized spacial score (nSPS) is 12.2. The van der Waals surface area contributed by atoms with Gasteiger partial charge in [0.05, 0.1) is 10.6 Å². The van der Waals surface area contributed by atoms with E-state index in [1.807, 2.05) is 0 Å². The summed E-state index contributed by atoms with van der Waals surface area (Å²) in [5.41, 5.74) is -0.520. The molecule has 158 valence electrons. The fraction of sp³-hybridized carbons (Fsp3) is 0.316. The molecule has 0 bridgehead atoms. The molecule has 29 heavy (non-hydrogen) atoms. The molecular formula is C19H20ClF3N2O3S. The quantitative estimate of drug-likeness (QED) is 0.686. The highest BCUT2D eigenvalue weighted by molar-refractivity contribution is 7.89. The SMILES string of the molecule is CCN(CC)S(=O)(=O)c1cc(C(=O)NCc2cccc(C(F)(F)F)c2)ccc1Cl. The van der Waals surface area contributed by atoms with Crippen LogP contribution in [0.3, 0.4) is 0 Å². The van der Waals surface area contributed by atoms with Crippen molar-refractivity contribution in [2.75, 3.05) is 13.1 Å². The van der Waals surface area contributed by atoms with E-state index in [2.05, 4.69) is 5.32 Å². The van der Waals surface area contributed by atoms with Crippen molar-refractivity contribution in [3.05, 3.63) is 64.2 Å². The Morgan fingerprint density at radius 2 is 1.76 bits per heavy atom. The summed E-state index contributed by atoms with van der Waals surface area (Å²) in [6, 6.07) is 8.40. The van der Waals surface area contributed by atoms with Gasteiger partial charge in [0.25, 0.3) is 5.91 Å². The number of hydrogen-bond donors (Lipinski definition) is 1. The van der Waals surface area contributed by atoms with E-state index in [-0.39, 0.29) is 40.7 Å². The minimum absolute atomic E-state index is 0.0219. The van der Waals surface area contributed by atoms with Gasteiger partial charge < -0.3 is 5.32 Å². The largest absolute Gasteiger partial charge is 0.416 e. The van der Waals surface area contributed by atoms with Gasteiger partial charge in [-0.1, -0.05) is 37.6 Å². The van der Waals surface area contributed by atoms with Crippen LogP contribution in [-0.2, 0) is 22.7 Å². The molecule has 0 radical (unpaired) electrons. The number of benzene rings is 2. The molecule has 10 heteroatoms. The van der Waals surface area contributed by atoms with Crippen LogP contribution in [0.2, 0.25) is 5.02 Å². The van der Waals surface area contributed by atoms with E-state index < -0.39 is 27.7 Å². The first-order valence-corrected chi connectivity index (χ1v) is 10.6. The van der Waals surface area contributed by atoms with Gasteiger partial charge in [0.2, 0.25) is 10.0 Å². The molecule has 2 aromatic rings. The summed E-state index contributed by atoms with van der Waals surface area (Å²) in [5, 5.41) is 2.47. The first-order valence-electron chi connectivity index (χ1n) is 8.74. The number of amides is 1. The first-order chi connectivity index (χ1) is 13.5. The summed E-state index contributed by atoms with van der Waals surface area (Å²) in [7, 11) is -3.88. The van der Waals surface area contributed by atoms with Crippen molar-refractivity contribution >= 4 is 27.5 Å². The lowest BCUT2D eigenvalue weighted by Gasteiger charge is -2.19. The molecule has 0 fully saturated rings. The lowest BCUT2D eigenvalue weighted by Crippen LogP contribution is -2.31. The van der Waals surface area contributed by atoms with Crippen LogP contribution in [0, 0.1) is 0 Å². The molecule has 1 amide bonds. The second-order valence-electron chi connectivity index (χ2n) is 6.12. The lowest BCUT2D eigenvalue weighted by atomic mass is 10.1. The van der Waals surface area contributed by atoms with Gasteiger partial charge in [-0.2, -0.15) is 17.5 Å². The van der Waals surface area contributed by atoms with Crippen LogP contribution in [0.25, 0.3) is 0 Å². The molecule has 0 aromatic heterocycles. The zero-order valence-electron chi connectivity index (χ0n) is 15.8. The number of alkyl halides is 3. The third-order valence-corrected chi connectivity index (χ3v) is 6.76. The van der Waals surface area contributed by atoms with Crippen molar-refractivity contribution in [1.29, 1.82) is 0 Å². The fourth-order valence-corrected chi connectivity index (χ4v) is 4.65. The van der Waals surface area contributed by atoms with E-state index in [4.69, 9.17) is 11.6 Å². The van der Waals surface area contributed by atoms with Gasteiger partial charge in [-0.3, -0.25) is 4.79 Å². The van der Waals surface area contributed by atoms with Crippen molar-refractivity contribution in [2.24, 2.45) is 0 Å². The number of carbonyl (C=O) groups excluding carboxylic acids is 1. The molecule has 2 rings (SSSR count). The Hall–Kier alpha value is -2.10. The highest BCUT2D eigenvalue weighted by Gasteiger charge is 2.30. The van der Waals surface area contributed by atoms with E-state index in [0.29, 0.717) is 0 Å². The average Bonchev–Trinajstić information content (AvgIpc) is 2.66. The minimum atomic E-state index is -4.48. The van der Waals surface area contributed by atoms with Crippen LogP contribution in [0.1, 0.15) is 35.3 Å². The zero-order valence-corrected chi connectivity index (χ0v) is 17.3. The van der Waals surface area contributed by atoms with Gasteiger partial charge in [0.1, 0.15) is 4.90 Å². The number of halogens is 4. The van der Waals surface area contributed by atoms with Gasteiger partial charge in [-0.25, -0.2) is 8.42 Å². The summed E-state index contributed by atoms with van der Waals surface area (Å²) in [6.07, 6.45) is -4.48. The van der Waals surface area contributed by atoms with E-state index >= 15 is 0 Å². The summed E-state index contributed by atoms with van der Waals surface area (Å²) in [5.74, 6) is -0.630. The molecule has 1 N–H and O–H groups in total. The number of nitrogens with one attached hydrogen (secondary N) is 1. The van der Waals surface area contributed by atoms with E-state index in [0.717, 1.165) is 18.2 Å². The Labute approximate surface area is 172 Å². The van der Waals surface area contributed by atoms with Crippen LogP contribution < -0.4 is 5.32 Å². The van der Waals surface area contributed by atoms with Gasteiger partial charge in [0, 0.05) is 25.2 Å². The van der Waals surface area contributed by atoms with E-state index in [1.54, 1.807) is 13.8 Å². The second kappa shape index (κ2) is 9.15. The third-order valence-electron chi connectivity index (χ3n) is 4.22. The molecule has 0 saturated carbocycles. The molecule has 0 aliphatic rings. The molecule has 0 heterocycles. The van der Waals surface area contributed by atoms with Gasteiger partial charge in [-0.05, 0) is 35.9 Å². The Balaban J connectivity index is 2.23. The average molecular weight is 449 g/mol. The summed E-state index contributed by atoms with van der Waals surface area (Å²) in [6.45, 7) is 3.69. The fourth-order valence-electron chi connectivity index (χ4n) is 2.69. The summed E-state index contributed by atoms with van der Waals surface area (Å²) >= 11 is 6.03. The molecule has 0 atom stereocenters. The second-order valence-corrected chi connectivity index (χ2v) is 8.43. The minimum Gasteiger partial charge on any atom is -0.348 e. The van der Waals surface area contributed by atoms with Crippen molar-refractivity contribution in [2.45, 2.75) is 31.5 Å². The molecule has 0 aliphatic carbocycles. The summed E-state index contributed by atoms with van der Waals surface area (Å²) < 4.78 is 65.0. The Morgan fingerprint density at radius 3 is 2.34 bits per heavy atom. The first kappa shape index (κ1) is 23.2. The van der Waals surface area contributed by atoms with Crippen LogP contribution in [0.15, 0.2) is 47.4 Å². The molecule has 0 unspecified atom stereocenters. The predicted molar refractivity (Wildman–Crippen MR) is 104 cm³/mol. The van der Waals surface area contributed by atoms with Crippen molar-refractivity contribution in [3.8, 4) is 0 Å². The smallest absolute Gasteiger partial charge is 0.348 e.